The number of hydrogen-bond acceptors (Lipinski definition) is 8. The topological polar surface area (TPSA) is 185 Å². The Morgan fingerprint density at radius 2 is 1.69 bits per heavy atom. The third-order valence-corrected chi connectivity index (χ3v) is 6.34. The van der Waals surface area contributed by atoms with Crippen molar-refractivity contribution >= 4 is 53.1 Å². The number of carbonyl (C=O) groups excluding carboxylic acids is 4. The zero-order chi connectivity index (χ0) is 24.3. The van der Waals surface area contributed by atoms with Crippen LogP contribution in [-0.2, 0) is 24.0 Å². The van der Waals surface area contributed by atoms with Crippen molar-refractivity contribution in [2.75, 3.05) is 30.6 Å². The quantitative estimate of drug-likeness (QED) is 0.198. The fourth-order valence-electron chi connectivity index (χ4n) is 3.33. The first-order valence-corrected chi connectivity index (χ1v) is 13.1. The van der Waals surface area contributed by atoms with Gasteiger partial charge in [0.25, 0.3) is 0 Å². The van der Waals surface area contributed by atoms with Gasteiger partial charge in [-0.25, -0.2) is 4.79 Å². The molecule has 1 aliphatic heterocycles. The minimum atomic E-state index is -1.35. The van der Waals surface area contributed by atoms with Crippen LogP contribution >= 0.6 is 23.5 Å². The van der Waals surface area contributed by atoms with Crippen molar-refractivity contribution in [3.63, 3.8) is 0 Å². The highest BCUT2D eigenvalue weighted by molar-refractivity contribution is 7.98. The van der Waals surface area contributed by atoms with Crippen molar-refractivity contribution in [1.82, 2.24) is 15.5 Å². The van der Waals surface area contributed by atoms with Crippen LogP contribution in [0.2, 0.25) is 0 Å². The van der Waals surface area contributed by atoms with E-state index >= 15 is 0 Å². The third-order valence-electron chi connectivity index (χ3n) is 5.05. The molecule has 1 saturated heterocycles. The van der Waals surface area contributed by atoms with E-state index in [1.54, 1.807) is 18.0 Å². The standard InChI is InChI=1S/C19H33N5O6S2/c1-31-8-5-11(20)18(28)24-7-3-4-14(24)17(27)23-13(10-15(21)25)16(26)22-12(19(29)30)6-9-32-2/h11-14H,3-10,20H2,1-2H3,(H2,21,25)(H,22,26)(H,23,27)(H,29,30). The Labute approximate surface area is 196 Å². The predicted molar refractivity (Wildman–Crippen MR) is 124 cm³/mol. The van der Waals surface area contributed by atoms with Crippen LogP contribution in [0.5, 0.6) is 0 Å². The zero-order valence-corrected chi connectivity index (χ0v) is 20.0. The first-order valence-electron chi connectivity index (χ1n) is 10.3. The molecule has 1 aliphatic rings. The minimum absolute atomic E-state index is 0.179. The summed E-state index contributed by atoms with van der Waals surface area (Å²) in [7, 11) is 0. The summed E-state index contributed by atoms with van der Waals surface area (Å²) < 4.78 is 0. The summed E-state index contributed by atoms with van der Waals surface area (Å²) in [6.45, 7) is 0.367. The van der Waals surface area contributed by atoms with Crippen molar-refractivity contribution < 1.29 is 29.1 Å². The number of thioether (sulfide) groups is 2. The smallest absolute Gasteiger partial charge is 0.326 e. The van der Waals surface area contributed by atoms with E-state index in [4.69, 9.17) is 11.5 Å². The molecule has 0 bridgehead atoms. The van der Waals surface area contributed by atoms with Crippen LogP contribution in [0.4, 0.5) is 0 Å². The van der Waals surface area contributed by atoms with E-state index in [1.165, 1.54) is 16.7 Å². The van der Waals surface area contributed by atoms with Gasteiger partial charge < -0.3 is 32.1 Å². The average molecular weight is 492 g/mol. The maximum Gasteiger partial charge on any atom is 0.326 e. The summed E-state index contributed by atoms with van der Waals surface area (Å²) >= 11 is 2.99. The third kappa shape index (κ3) is 8.87. The molecule has 0 aromatic heterocycles. The monoisotopic (exact) mass is 491 g/mol. The number of aliphatic carboxylic acids is 1. The molecule has 7 N–H and O–H groups in total. The highest BCUT2D eigenvalue weighted by Gasteiger charge is 2.38. The number of carboxylic acids is 1. The first kappa shape index (κ1) is 28.0. The van der Waals surface area contributed by atoms with Crippen LogP contribution in [0, 0.1) is 0 Å². The molecule has 4 amide bonds. The number of amides is 4. The van der Waals surface area contributed by atoms with E-state index in [0.29, 0.717) is 37.3 Å². The molecule has 1 rings (SSSR count). The van der Waals surface area contributed by atoms with Gasteiger partial charge in [-0.15, -0.1) is 0 Å². The summed E-state index contributed by atoms with van der Waals surface area (Å²) in [6.07, 6.45) is 4.86. The summed E-state index contributed by atoms with van der Waals surface area (Å²) in [5, 5.41) is 14.1. The molecule has 0 spiro atoms. The normalized spacial score (nSPS) is 18.5. The molecule has 0 aromatic carbocycles. The van der Waals surface area contributed by atoms with Crippen molar-refractivity contribution in [2.24, 2.45) is 11.5 Å². The van der Waals surface area contributed by atoms with Gasteiger partial charge in [-0.1, -0.05) is 0 Å². The number of carboxylic acid groups (broad SMARTS) is 1. The second kappa shape index (κ2) is 14.2. The highest BCUT2D eigenvalue weighted by atomic mass is 32.2. The summed E-state index contributed by atoms with van der Waals surface area (Å²) in [5.41, 5.74) is 11.2. The van der Waals surface area contributed by atoms with E-state index in [2.05, 4.69) is 10.6 Å². The molecule has 1 fully saturated rings. The lowest BCUT2D eigenvalue weighted by Crippen LogP contribution is -2.57. The van der Waals surface area contributed by atoms with E-state index < -0.39 is 54.3 Å². The number of carbonyl (C=O) groups is 5. The molecule has 0 aliphatic carbocycles. The molecule has 11 nitrogen and oxygen atoms in total. The molecular weight excluding hydrogens is 458 g/mol. The number of nitrogens with one attached hydrogen (secondary N) is 2. The number of rotatable bonds is 14. The summed E-state index contributed by atoms with van der Waals surface area (Å²) in [6, 6.07) is -4.06. The number of primary amides is 1. The van der Waals surface area contributed by atoms with E-state index in [0.717, 1.165) is 0 Å². The molecule has 13 heteroatoms. The lowest BCUT2D eigenvalue weighted by Gasteiger charge is -2.28. The van der Waals surface area contributed by atoms with Gasteiger partial charge in [0.15, 0.2) is 0 Å². The first-order chi connectivity index (χ1) is 15.1. The van der Waals surface area contributed by atoms with Crippen molar-refractivity contribution in [1.29, 1.82) is 0 Å². The number of hydrogen-bond donors (Lipinski definition) is 5. The molecule has 182 valence electrons. The van der Waals surface area contributed by atoms with Gasteiger partial charge in [-0.05, 0) is 49.7 Å². The van der Waals surface area contributed by atoms with Crippen LogP contribution in [-0.4, -0.2) is 94.3 Å². The fourth-order valence-corrected chi connectivity index (χ4v) is 4.29. The number of likely N-dealkylation sites (tertiary alicyclic amines) is 1. The maximum atomic E-state index is 12.9. The highest BCUT2D eigenvalue weighted by Crippen LogP contribution is 2.19. The molecule has 0 aromatic rings. The molecule has 0 radical (unpaired) electrons. The average Bonchev–Trinajstić information content (AvgIpc) is 3.23. The molecule has 4 unspecified atom stereocenters. The van der Waals surface area contributed by atoms with Crippen LogP contribution in [0.3, 0.4) is 0 Å². The van der Waals surface area contributed by atoms with Gasteiger partial charge in [-0.3, -0.25) is 19.2 Å². The second-order valence-corrected chi connectivity index (χ2v) is 9.46. The molecule has 1 heterocycles. The van der Waals surface area contributed by atoms with Crippen LogP contribution in [0.25, 0.3) is 0 Å². The molecule has 32 heavy (non-hydrogen) atoms. The van der Waals surface area contributed by atoms with E-state index in [1.807, 2.05) is 6.26 Å². The fraction of sp³-hybridized carbons (Fsp3) is 0.737. The van der Waals surface area contributed by atoms with Crippen molar-refractivity contribution in [3.05, 3.63) is 0 Å². The van der Waals surface area contributed by atoms with Crippen molar-refractivity contribution in [2.45, 2.75) is 56.3 Å². The second-order valence-electron chi connectivity index (χ2n) is 7.49. The number of nitrogens with two attached hydrogens (primary N) is 2. The van der Waals surface area contributed by atoms with Gasteiger partial charge >= 0.3 is 5.97 Å². The minimum Gasteiger partial charge on any atom is -0.480 e. The SMILES string of the molecule is CSCCC(N)C(=O)N1CCCC1C(=O)NC(CC(N)=O)C(=O)NC(CCSC)C(=O)O. The van der Waals surface area contributed by atoms with Gasteiger partial charge in [0.1, 0.15) is 18.1 Å². The lowest BCUT2D eigenvalue weighted by molar-refractivity contribution is -0.143. The van der Waals surface area contributed by atoms with Gasteiger partial charge in [-0.2, -0.15) is 23.5 Å². The summed E-state index contributed by atoms with van der Waals surface area (Å²) in [5.74, 6) is -2.61. The Hall–Kier alpha value is -1.99. The Bertz CT molecular complexity index is 695. The van der Waals surface area contributed by atoms with Gasteiger partial charge in [0.05, 0.1) is 12.5 Å². The Balaban J connectivity index is 2.87. The Morgan fingerprint density at radius 1 is 1.06 bits per heavy atom. The van der Waals surface area contributed by atoms with Crippen LogP contribution < -0.4 is 22.1 Å². The largest absolute Gasteiger partial charge is 0.480 e. The van der Waals surface area contributed by atoms with Crippen molar-refractivity contribution in [3.8, 4) is 0 Å². The van der Waals surface area contributed by atoms with Crippen LogP contribution in [0.1, 0.15) is 32.1 Å². The van der Waals surface area contributed by atoms with E-state index in [-0.39, 0.29) is 12.3 Å². The summed E-state index contributed by atoms with van der Waals surface area (Å²) in [4.78, 5) is 62.5. The van der Waals surface area contributed by atoms with Crippen LogP contribution in [0.15, 0.2) is 0 Å². The zero-order valence-electron chi connectivity index (χ0n) is 18.4. The number of nitrogens with zero attached hydrogens (tertiary/aromatic N) is 1. The maximum absolute atomic E-state index is 12.9. The van der Waals surface area contributed by atoms with E-state index in [9.17, 15) is 29.1 Å². The van der Waals surface area contributed by atoms with Gasteiger partial charge in [0, 0.05) is 6.54 Å². The lowest BCUT2D eigenvalue weighted by atomic mass is 10.1. The Morgan fingerprint density at radius 3 is 2.25 bits per heavy atom. The molecule has 4 atom stereocenters. The molecule has 0 saturated carbocycles. The molecular formula is C19H33N5O6S2. The Kier molecular flexibility index (Phi) is 12.5. The predicted octanol–water partition coefficient (Wildman–Crippen LogP) is -1.26. The van der Waals surface area contributed by atoms with Gasteiger partial charge in [0.2, 0.25) is 23.6 Å².